The third-order valence-electron chi connectivity index (χ3n) is 9.07. The van der Waals surface area contributed by atoms with Crippen LogP contribution in [-0.2, 0) is 4.79 Å². The summed E-state index contributed by atoms with van der Waals surface area (Å²) in [5, 5.41) is 19.2. The summed E-state index contributed by atoms with van der Waals surface area (Å²) in [6, 6.07) is 65.9. The monoisotopic (exact) mass is 681 g/mol. The molecule has 3 nitrogen and oxygen atoms in total. The average Bonchev–Trinajstić information content (AvgIpc) is 3.22. The predicted molar refractivity (Wildman–Crippen MR) is 218 cm³/mol. The van der Waals surface area contributed by atoms with Crippen molar-refractivity contribution in [3.05, 3.63) is 233 Å². The molecule has 0 saturated heterocycles. The molecule has 0 radical (unpaired) electrons. The van der Waals surface area contributed by atoms with Crippen LogP contribution >= 0.6 is 0 Å². The number of nitrogens with zero attached hydrogens (tertiary/aromatic N) is 1. The Balaban J connectivity index is 1.26. The van der Waals surface area contributed by atoms with Gasteiger partial charge in [0.15, 0.2) is 0 Å². The number of benzene rings is 7. The number of hydrogen-bond acceptors (Lipinski definition) is 2. The lowest BCUT2D eigenvalue weighted by Crippen LogP contribution is -1.97. The molecule has 0 aromatic heterocycles. The maximum absolute atomic E-state index is 11.8. The van der Waals surface area contributed by atoms with Crippen molar-refractivity contribution in [3.63, 3.8) is 0 Å². The number of carboxylic acids is 1. The number of nitriles is 1. The summed E-state index contributed by atoms with van der Waals surface area (Å²) >= 11 is 0. The predicted octanol–water partition coefficient (Wildman–Crippen LogP) is 12.2. The van der Waals surface area contributed by atoms with Crippen molar-refractivity contribution < 1.29 is 9.90 Å². The van der Waals surface area contributed by atoms with Crippen LogP contribution in [-0.4, -0.2) is 11.1 Å². The van der Waals surface area contributed by atoms with Crippen LogP contribution in [0.4, 0.5) is 0 Å². The van der Waals surface area contributed by atoms with E-state index in [2.05, 4.69) is 115 Å². The molecule has 0 unspecified atom stereocenters. The zero-order chi connectivity index (χ0) is 36.4. The maximum Gasteiger partial charge on any atom is 0.346 e. The zero-order valence-corrected chi connectivity index (χ0v) is 28.9. The quantitative estimate of drug-likeness (QED) is 0.0888. The Hall–Kier alpha value is -7.28. The van der Waals surface area contributed by atoms with Gasteiger partial charge in [-0.05, 0) is 109 Å². The van der Waals surface area contributed by atoms with Crippen molar-refractivity contribution in [2.45, 2.75) is 0 Å². The minimum atomic E-state index is -1.26. The lowest BCUT2D eigenvalue weighted by molar-refractivity contribution is -0.132. The molecule has 0 aliphatic carbocycles. The van der Waals surface area contributed by atoms with Gasteiger partial charge in [0.05, 0.1) is 0 Å². The van der Waals surface area contributed by atoms with Crippen molar-refractivity contribution in [2.24, 2.45) is 0 Å². The molecule has 0 bridgehead atoms. The molecule has 252 valence electrons. The summed E-state index contributed by atoms with van der Waals surface area (Å²) in [6.07, 6.45) is 5.83. The van der Waals surface area contributed by atoms with Crippen LogP contribution in [0.2, 0.25) is 0 Å². The second kappa shape index (κ2) is 16.2. The highest BCUT2D eigenvalue weighted by atomic mass is 16.4. The summed E-state index contributed by atoms with van der Waals surface area (Å²) in [5.41, 5.74) is 13.0. The molecule has 0 fully saturated rings. The summed E-state index contributed by atoms with van der Waals surface area (Å²) in [7, 11) is 0. The molecule has 53 heavy (non-hydrogen) atoms. The molecule has 0 heterocycles. The number of carbonyl (C=O) groups is 1. The Kier molecular flexibility index (Phi) is 10.4. The topological polar surface area (TPSA) is 61.1 Å². The first kappa shape index (κ1) is 34.2. The molecule has 0 aliphatic rings. The molecule has 0 atom stereocenters. The fourth-order valence-electron chi connectivity index (χ4n) is 6.39. The van der Waals surface area contributed by atoms with Gasteiger partial charge >= 0.3 is 5.97 Å². The smallest absolute Gasteiger partial charge is 0.346 e. The molecule has 0 spiro atoms. The highest BCUT2D eigenvalue weighted by molar-refractivity contribution is 5.97. The van der Waals surface area contributed by atoms with Crippen molar-refractivity contribution in [2.75, 3.05) is 0 Å². The molecule has 7 aromatic rings. The Morgan fingerprint density at radius 2 is 0.755 bits per heavy atom. The summed E-state index contributed by atoms with van der Waals surface area (Å²) < 4.78 is 0. The van der Waals surface area contributed by atoms with Crippen LogP contribution in [0, 0.1) is 11.3 Å². The summed E-state index contributed by atoms with van der Waals surface area (Å²) in [6.45, 7) is 0. The van der Waals surface area contributed by atoms with E-state index in [0.29, 0.717) is 5.56 Å². The third kappa shape index (κ3) is 8.37. The van der Waals surface area contributed by atoms with Crippen molar-refractivity contribution >= 4 is 35.3 Å². The third-order valence-corrected chi connectivity index (χ3v) is 9.07. The summed E-state index contributed by atoms with van der Waals surface area (Å²) in [4.78, 5) is 11.8. The van der Waals surface area contributed by atoms with Gasteiger partial charge in [0.1, 0.15) is 11.6 Å². The second-order valence-electron chi connectivity index (χ2n) is 12.6. The minimum absolute atomic E-state index is 0.322. The van der Waals surface area contributed by atoms with Gasteiger partial charge in [0.2, 0.25) is 0 Å². The second-order valence-corrected chi connectivity index (χ2v) is 12.6. The van der Waals surface area contributed by atoms with Crippen molar-refractivity contribution in [3.8, 4) is 28.3 Å². The van der Waals surface area contributed by atoms with Crippen LogP contribution < -0.4 is 0 Å². The normalized spacial score (nSPS) is 10.9. The fraction of sp³-hybridized carbons (Fsp3) is 0. The van der Waals surface area contributed by atoms with Gasteiger partial charge in [-0.2, -0.15) is 5.26 Å². The van der Waals surface area contributed by atoms with E-state index in [1.54, 1.807) is 0 Å². The molecule has 0 amide bonds. The minimum Gasteiger partial charge on any atom is -0.477 e. The Morgan fingerprint density at radius 3 is 1.06 bits per heavy atom. The zero-order valence-electron chi connectivity index (χ0n) is 28.9. The van der Waals surface area contributed by atoms with E-state index < -0.39 is 5.97 Å². The van der Waals surface area contributed by atoms with Gasteiger partial charge in [-0.25, -0.2) is 4.79 Å². The first-order valence-electron chi connectivity index (χ1n) is 17.4. The molecule has 3 heteroatoms. The average molecular weight is 682 g/mol. The SMILES string of the molecule is N#C/C(=C\c1cc(-c2ccc(C=C(c3ccccc3)c3ccccc3)cc2)cc(-c2ccc(C=C(c3ccccc3)c3ccccc3)cc2)c1)C(=O)O. The molecule has 0 saturated carbocycles. The number of carboxylic acid groups (broad SMARTS) is 1. The largest absolute Gasteiger partial charge is 0.477 e. The Bertz CT molecular complexity index is 2230. The first-order chi connectivity index (χ1) is 26.0. The first-order valence-corrected chi connectivity index (χ1v) is 17.4. The van der Waals surface area contributed by atoms with Crippen molar-refractivity contribution in [1.29, 1.82) is 5.26 Å². The maximum atomic E-state index is 11.8. The molecular formula is C50H35NO2. The van der Waals surface area contributed by atoms with Gasteiger partial charge in [0, 0.05) is 0 Å². The fourth-order valence-corrected chi connectivity index (χ4v) is 6.39. The van der Waals surface area contributed by atoms with E-state index in [1.165, 1.54) is 6.08 Å². The van der Waals surface area contributed by atoms with Gasteiger partial charge in [-0.1, -0.05) is 170 Å². The molecule has 7 aromatic carbocycles. The standard InChI is InChI=1S/C50H35NO2/c51-35-47(50(52)53)31-38-29-45(39-25-21-36(22-26-39)32-48(41-13-5-1-6-14-41)42-15-7-2-8-16-42)34-46(30-38)40-27-23-37(24-28-40)33-49(43-17-9-3-10-18-43)44-19-11-4-12-20-44/h1-34H,(H,52,53)/b47-31+. The Labute approximate surface area is 310 Å². The van der Waals surface area contributed by atoms with E-state index in [9.17, 15) is 15.2 Å². The van der Waals surface area contributed by atoms with Crippen LogP contribution in [0.1, 0.15) is 38.9 Å². The number of hydrogen-bond donors (Lipinski definition) is 1. The van der Waals surface area contributed by atoms with E-state index in [1.807, 2.05) is 91.0 Å². The van der Waals surface area contributed by atoms with Crippen molar-refractivity contribution in [1.82, 2.24) is 0 Å². The van der Waals surface area contributed by atoms with Crippen LogP contribution in [0.15, 0.2) is 194 Å². The van der Waals surface area contributed by atoms with E-state index >= 15 is 0 Å². The van der Waals surface area contributed by atoms with Crippen LogP contribution in [0.25, 0.3) is 51.6 Å². The van der Waals surface area contributed by atoms with E-state index in [-0.39, 0.29) is 5.57 Å². The summed E-state index contributed by atoms with van der Waals surface area (Å²) in [5.74, 6) is -1.26. The van der Waals surface area contributed by atoms with Gasteiger partial charge in [0.25, 0.3) is 0 Å². The van der Waals surface area contributed by atoms with Gasteiger partial charge in [-0.15, -0.1) is 0 Å². The van der Waals surface area contributed by atoms with Gasteiger partial charge < -0.3 is 5.11 Å². The molecule has 7 rings (SSSR count). The lowest BCUT2D eigenvalue weighted by atomic mass is 9.92. The van der Waals surface area contributed by atoms with Crippen LogP contribution in [0.5, 0.6) is 0 Å². The lowest BCUT2D eigenvalue weighted by Gasteiger charge is -2.12. The number of aliphatic carboxylic acids is 1. The number of rotatable bonds is 10. The molecular weight excluding hydrogens is 647 g/mol. The van der Waals surface area contributed by atoms with E-state index in [0.717, 1.165) is 66.8 Å². The van der Waals surface area contributed by atoms with Gasteiger partial charge in [-0.3, -0.25) is 0 Å². The Morgan fingerprint density at radius 1 is 0.415 bits per heavy atom. The molecule has 0 aliphatic heterocycles. The van der Waals surface area contributed by atoms with Crippen LogP contribution in [0.3, 0.4) is 0 Å². The van der Waals surface area contributed by atoms with E-state index in [4.69, 9.17) is 0 Å². The molecule has 1 N–H and O–H groups in total. The highest BCUT2D eigenvalue weighted by Crippen LogP contribution is 2.33. The highest BCUT2D eigenvalue weighted by Gasteiger charge is 2.11.